The number of hydrogen-bond acceptors (Lipinski definition) is 5. The number of ether oxygens (including phenoxy) is 1. The fourth-order valence-electron chi connectivity index (χ4n) is 6.42. The summed E-state index contributed by atoms with van der Waals surface area (Å²) in [6.45, 7) is 1.44. The standard InChI is InChI=1S/C42H42BrN3O5S/c1-31-19-25-39(26-20-31)52(49,50)46(36-21-23-38(24-22-36)51-37-17-6-3-7-18-37)30-41(47)45(29-33-13-10-14-34(43)27-33)40(28-32-11-4-2-5-12-32)42(48)44-35-15-8-9-16-35/h2-7,10-14,17-27,35,40H,8-9,15-16,28-30H2,1H3,(H,44,48). The molecule has 6 rings (SSSR count). The average molecular weight is 781 g/mol. The highest BCUT2D eigenvalue weighted by molar-refractivity contribution is 9.10. The van der Waals surface area contributed by atoms with Crippen molar-refractivity contribution in [1.82, 2.24) is 10.2 Å². The molecule has 10 heteroatoms. The number of amides is 2. The molecule has 0 saturated heterocycles. The molecule has 2 amide bonds. The van der Waals surface area contributed by atoms with Gasteiger partial charge in [-0.2, -0.15) is 0 Å². The molecule has 1 aliphatic carbocycles. The molecular formula is C42H42BrN3O5S. The van der Waals surface area contributed by atoms with Crippen LogP contribution in [-0.4, -0.2) is 43.8 Å². The van der Waals surface area contributed by atoms with Crippen LogP contribution in [-0.2, 0) is 32.6 Å². The Hall–Kier alpha value is -4.93. The lowest BCUT2D eigenvalue weighted by atomic mass is 10.0. The highest BCUT2D eigenvalue weighted by atomic mass is 79.9. The second kappa shape index (κ2) is 17.1. The van der Waals surface area contributed by atoms with E-state index < -0.39 is 28.5 Å². The lowest BCUT2D eigenvalue weighted by Crippen LogP contribution is -2.54. The molecule has 0 radical (unpaired) electrons. The molecule has 0 aliphatic heterocycles. The van der Waals surface area contributed by atoms with Crippen LogP contribution in [0.4, 0.5) is 5.69 Å². The number of nitrogens with zero attached hydrogens (tertiary/aromatic N) is 2. The third-order valence-corrected chi connectivity index (χ3v) is 11.5. The van der Waals surface area contributed by atoms with Gasteiger partial charge in [0.2, 0.25) is 11.8 Å². The predicted octanol–water partition coefficient (Wildman–Crippen LogP) is 8.44. The summed E-state index contributed by atoms with van der Waals surface area (Å²) in [7, 11) is -4.24. The van der Waals surface area contributed by atoms with E-state index in [1.807, 2.05) is 91.9 Å². The van der Waals surface area contributed by atoms with Gasteiger partial charge in [0.25, 0.3) is 10.0 Å². The van der Waals surface area contributed by atoms with Gasteiger partial charge < -0.3 is 15.0 Å². The maximum absolute atomic E-state index is 14.8. The predicted molar refractivity (Wildman–Crippen MR) is 208 cm³/mol. The number of carbonyl (C=O) groups is 2. The van der Waals surface area contributed by atoms with Crippen molar-refractivity contribution in [2.24, 2.45) is 0 Å². The summed E-state index contributed by atoms with van der Waals surface area (Å²) in [5.74, 6) is 0.382. The fraction of sp³-hybridized carbons (Fsp3) is 0.238. The van der Waals surface area contributed by atoms with Gasteiger partial charge in [-0.25, -0.2) is 8.42 Å². The van der Waals surface area contributed by atoms with Crippen LogP contribution in [0.2, 0.25) is 0 Å². The first-order chi connectivity index (χ1) is 25.2. The van der Waals surface area contributed by atoms with Crippen molar-refractivity contribution in [3.63, 3.8) is 0 Å². The third-order valence-electron chi connectivity index (χ3n) is 9.21. The van der Waals surface area contributed by atoms with Crippen LogP contribution in [0.1, 0.15) is 42.4 Å². The average Bonchev–Trinajstić information content (AvgIpc) is 3.66. The van der Waals surface area contributed by atoms with Gasteiger partial charge in [0.05, 0.1) is 10.6 Å². The van der Waals surface area contributed by atoms with Crippen molar-refractivity contribution in [2.45, 2.75) is 62.6 Å². The van der Waals surface area contributed by atoms with Crippen LogP contribution in [0, 0.1) is 6.92 Å². The molecule has 5 aromatic rings. The summed E-state index contributed by atoms with van der Waals surface area (Å²) in [6.07, 6.45) is 4.10. The molecule has 52 heavy (non-hydrogen) atoms. The molecule has 0 spiro atoms. The molecular weight excluding hydrogens is 738 g/mol. The molecule has 0 bridgehead atoms. The van der Waals surface area contributed by atoms with Gasteiger partial charge in [-0.05, 0) is 91.6 Å². The zero-order valence-electron chi connectivity index (χ0n) is 29.0. The van der Waals surface area contributed by atoms with Crippen molar-refractivity contribution in [3.8, 4) is 11.5 Å². The zero-order valence-corrected chi connectivity index (χ0v) is 31.4. The monoisotopic (exact) mass is 779 g/mol. The van der Waals surface area contributed by atoms with E-state index in [0.29, 0.717) is 11.5 Å². The van der Waals surface area contributed by atoms with E-state index in [9.17, 15) is 18.0 Å². The van der Waals surface area contributed by atoms with Gasteiger partial charge in [0, 0.05) is 23.5 Å². The molecule has 1 fully saturated rings. The minimum atomic E-state index is -4.24. The van der Waals surface area contributed by atoms with Gasteiger partial charge >= 0.3 is 0 Å². The van der Waals surface area contributed by atoms with Gasteiger partial charge in [-0.3, -0.25) is 13.9 Å². The van der Waals surface area contributed by atoms with E-state index in [-0.39, 0.29) is 35.5 Å². The largest absolute Gasteiger partial charge is 0.457 e. The van der Waals surface area contributed by atoms with Crippen LogP contribution in [0.3, 0.4) is 0 Å². The van der Waals surface area contributed by atoms with E-state index in [0.717, 1.165) is 51.2 Å². The van der Waals surface area contributed by atoms with Crippen LogP contribution < -0.4 is 14.4 Å². The Balaban J connectivity index is 1.39. The summed E-state index contributed by atoms with van der Waals surface area (Å²) in [6, 6.07) is 38.7. The van der Waals surface area contributed by atoms with Gasteiger partial charge in [0.15, 0.2) is 0 Å². The van der Waals surface area contributed by atoms with Gasteiger partial charge in [-0.15, -0.1) is 0 Å². The second-order valence-corrected chi connectivity index (χ2v) is 15.9. The highest BCUT2D eigenvalue weighted by Crippen LogP contribution is 2.29. The number of anilines is 1. The summed E-state index contributed by atoms with van der Waals surface area (Å²) in [5, 5.41) is 3.22. The van der Waals surface area contributed by atoms with E-state index in [2.05, 4.69) is 21.2 Å². The Morgan fingerprint density at radius 1 is 0.788 bits per heavy atom. The minimum absolute atomic E-state index is 0.0311. The molecule has 1 aliphatic rings. The molecule has 0 aromatic heterocycles. The van der Waals surface area contributed by atoms with E-state index in [1.165, 1.54) is 4.90 Å². The Kier molecular flexibility index (Phi) is 12.1. The molecule has 268 valence electrons. The van der Waals surface area contributed by atoms with Crippen LogP contribution >= 0.6 is 15.9 Å². The maximum atomic E-state index is 14.8. The molecule has 1 atom stereocenters. The number of halogens is 1. The SMILES string of the molecule is Cc1ccc(S(=O)(=O)N(CC(=O)N(Cc2cccc(Br)c2)C(Cc2ccccc2)C(=O)NC2CCCC2)c2ccc(Oc3ccccc3)cc2)cc1. The Morgan fingerprint density at radius 2 is 1.40 bits per heavy atom. The number of hydrogen-bond donors (Lipinski definition) is 1. The Labute approximate surface area is 314 Å². The number of benzene rings is 5. The number of rotatable bonds is 14. The van der Waals surface area contributed by atoms with Crippen LogP contribution in [0.25, 0.3) is 0 Å². The normalized spacial score (nSPS) is 13.7. The summed E-state index contributed by atoms with van der Waals surface area (Å²) in [4.78, 5) is 30.7. The van der Waals surface area contributed by atoms with Crippen molar-refractivity contribution < 1.29 is 22.7 Å². The molecule has 1 N–H and O–H groups in total. The summed E-state index contributed by atoms with van der Waals surface area (Å²) >= 11 is 3.54. The topological polar surface area (TPSA) is 96.0 Å². The number of para-hydroxylation sites is 1. The second-order valence-electron chi connectivity index (χ2n) is 13.1. The zero-order chi connectivity index (χ0) is 36.5. The first-order valence-corrected chi connectivity index (χ1v) is 19.7. The van der Waals surface area contributed by atoms with Crippen molar-refractivity contribution in [1.29, 1.82) is 0 Å². The lowest BCUT2D eigenvalue weighted by molar-refractivity contribution is -0.140. The maximum Gasteiger partial charge on any atom is 0.264 e. The fourth-order valence-corrected chi connectivity index (χ4v) is 8.29. The first kappa shape index (κ1) is 36.8. The molecule has 1 saturated carbocycles. The smallest absolute Gasteiger partial charge is 0.264 e. The number of aryl methyl sites for hydroxylation is 1. The molecule has 5 aromatic carbocycles. The van der Waals surface area contributed by atoms with Crippen LogP contribution in [0.15, 0.2) is 143 Å². The number of carbonyl (C=O) groups excluding carboxylic acids is 2. The highest BCUT2D eigenvalue weighted by Gasteiger charge is 2.35. The van der Waals surface area contributed by atoms with E-state index in [4.69, 9.17) is 4.74 Å². The molecule has 1 unspecified atom stereocenters. The van der Waals surface area contributed by atoms with Gasteiger partial charge in [-0.1, -0.05) is 107 Å². The van der Waals surface area contributed by atoms with E-state index >= 15 is 0 Å². The van der Waals surface area contributed by atoms with E-state index in [1.54, 1.807) is 48.5 Å². The van der Waals surface area contributed by atoms with Crippen molar-refractivity contribution in [3.05, 3.63) is 155 Å². The lowest BCUT2D eigenvalue weighted by Gasteiger charge is -2.34. The van der Waals surface area contributed by atoms with Crippen molar-refractivity contribution >= 4 is 43.5 Å². The minimum Gasteiger partial charge on any atom is -0.457 e. The van der Waals surface area contributed by atoms with Crippen LogP contribution in [0.5, 0.6) is 11.5 Å². The summed E-state index contributed by atoms with van der Waals surface area (Å²) < 4.78 is 36.8. The number of nitrogens with one attached hydrogen (secondary N) is 1. The number of sulfonamides is 1. The van der Waals surface area contributed by atoms with Gasteiger partial charge in [0.1, 0.15) is 24.1 Å². The summed E-state index contributed by atoms with van der Waals surface area (Å²) in [5.41, 5.74) is 2.87. The Bertz CT molecular complexity index is 2060. The van der Waals surface area contributed by atoms with Crippen molar-refractivity contribution in [2.75, 3.05) is 10.8 Å². The first-order valence-electron chi connectivity index (χ1n) is 17.5. The molecule has 8 nitrogen and oxygen atoms in total. The quantitative estimate of drug-likeness (QED) is 0.122. The third kappa shape index (κ3) is 9.48. The molecule has 0 heterocycles. The Morgan fingerprint density at radius 3 is 2.06 bits per heavy atom.